The number of benzene rings is 2. The second kappa shape index (κ2) is 7.09. The van der Waals surface area contributed by atoms with E-state index in [9.17, 15) is 14.7 Å². The SMILES string of the molecule is Cc1ccc(C(=O)CCC(=O)Nc2cccc(Cl)c2O)cc1. The van der Waals surface area contributed by atoms with E-state index in [1.807, 2.05) is 19.1 Å². The van der Waals surface area contributed by atoms with Crippen LogP contribution in [0.2, 0.25) is 5.02 Å². The first-order chi connectivity index (χ1) is 10.5. The van der Waals surface area contributed by atoms with Gasteiger partial charge in [0.05, 0.1) is 10.7 Å². The molecular formula is C17H16ClNO3. The fraction of sp³-hybridized carbons (Fsp3) is 0.176. The number of nitrogens with one attached hydrogen (secondary N) is 1. The maximum Gasteiger partial charge on any atom is 0.224 e. The zero-order valence-corrected chi connectivity index (χ0v) is 12.9. The van der Waals surface area contributed by atoms with Crippen molar-refractivity contribution in [2.24, 2.45) is 0 Å². The Morgan fingerprint density at radius 1 is 1.09 bits per heavy atom. The molecule has 0 radical (unpaired) electrons. The van der Waals surface area contributed by atoms with Crippen molar-refractivity contribution in [2.75, 3.05) is 5.32 Å². The molecule has 0 bridgehead atoms. The third kappa shape index (κ3) is 4.09. The van der Waals surface area contributed by atoms with Crippen molar-refractivity contribution in [1.29, 1.82) is 0 Å². The minimum absolute atomic E-state index is 0.0403. The molecule has 2 aromatic rings. The van der Waals surface area contributed by atoms with Gasteiger partial charge in [0.15, 0.2) is 11.5 Å². The van der Waals surface area contributed by atoms with E-state index in [1.54, 1.807) is 24.3 Å². The zero-order valence-electron chi connectivity index (χ0n) is 12.1. The van der Waals surface area contributed by atoms with Gasteiger partial charge in [-0.05, 0) is 19.1 Å². The fourth-order valence-electron chi connectivity index (χ4n) is 1.94. The molecule has 0 unspecified atom stereocenters. The number of anilines is 1. The minimum Gasteiger partial charge on any atom is -0.504 e. The number of hydrogen-bond donors (Lipinski definition) is 2. The van der Waals surface area contributed by atoms with Crippen molar-refractivity contribution in [3.63, 3.8) is 0 Å². The molecule has 0 aromatic heterocycles. The quantitative estimate of drug-likeness (QED) is 0.648. The fourth-order valence-corrected chi connectivity index (χ4v) is 2.11. The van der Waals surface area contributed by atoms with Gasteiger partial charge in [0.1, 0.15) is 0 Å². The van der Waals surface area contributed by atoms with E-state index in [4.69, 9.17) is 11.6 Å². The number of carbonyl (C=O) groups is 2. The van der Waals surface area contributed by atoms with Crippen LogP contribution >= 0.6 is 11.6 Å². The van der Waals surface area contributed by atoms with Gasteiger partial charge >= 0.3 is 0 Å². The summed E-state index contributed by atoms with van der Waals surface area (Å²) >= 11 is 5.76. The second-order valence-electron chi connectivity index (χ2n) is 4.97. The summed E-state index contributed by atoms with van der Waals surface area (Å²) in [4.78, 5) is 23.8. The number of phenols is 1. The van der Waals surface area contributed by atoms with Crippen LogP contribution < -0.4 is 5.32 Å². The third-order valence-corrected chi connectivity index (χ3v) is 3.52. The Hall–Kier alpha value is -2.33. The average Bonchev–Trinajstić information content (AvgIpc) is 2.50. The molecule has 2 N–H and O–H groups in total. The molecule has 0 saturated heterocycles. The molecule has 0 saturated carbocycles. The van der Waals surface area contributed by atoms with Gasteiger partial charge in [-0.1, -0.05) is 47.5 Å². The van der Waals surface area contributed by atoms with Gasteiger partial charge in [0.25, 0.3) is 0 Å². The smallest absolute Gasteiger partial charge is 0.224 e. The van der Waals surface area contributed by atoms with Crippen molar-refractivity contribution in [2.45, 2.75) is 19.8 Å². The van der Waals surface area contributed by atoms with Crippen LogP contribution in [0, 0.1) is 6.92 Å². The van der Waals surface area contributed by atoms with Crippen LogP contribution in [0.15, 0.2) is 42.5 Å². The number of halogens is 1. The number of amides is 1. The van der Waals surface area contributed by atoms with E-state index in [0.29, 0.717) is 5.56 Å². The van der Waals surface area contributed by atoms with Crippen LogP contribution in [-0.4, -0.2) is 16.8 Å². The lowest BCUT2D eigenvalue weighted by Crippen LogP contribution is -2.13. The summed E-state index contributed by atoms with van der Waals surface area (Å²) in [5.41, 5.74) is 1.90. The predicted octanol–water partition coefficient (Wildman–Crippen LogP) is 3.96. The topological polar surface area (TPSA) is 66.4 Å². The highest BCUT2D eigenvalue weighted by molar-refractivity contribution is 6.32. The molecule has 0 atom stereocenters. The average molecular weight is 318 g/mol. The van der Waals surface area contributed by atoms with Crippen LogP contribution in [0.3, 0.4) is 0 Å². The normalized spacial score (nSPS) is 10.3. The zero-order chi connectivity index (χ0) is 16.1. The molecule has 2 rings (SSSR count). The first-order valence-corrected chi connectivity index (χ1v) is 7.22. The van der Waals surface area contributed by atoms with Gasteiger partial charge in [0, 0.05) is 18.4 Å². The summed E-state index contributed by atoms with van der Waals surface area (Å²) in [5.74, 6) is -0.620. The van der Waals surface area contributed by atoms with E-state index < -0.39 is 0 Å². The molecule has 2 aromatic carbocycles. The summed E-state index contributed by atoms with van der Waals surface area (Å²) in [6.07, 6.45) is 0.148. The molecule has 0 fully saturated rings. The Labute approximate surface area is 133 Å². The number of aryl methyl sites for hydroxylation is 1. The standard InChI is InChI=1S/C17H16ClNO3/c1-11-5-7-12(8-6-11)15(20)9-10-16(21)19-14-4-2-3-13(18)17(14)22/h2-8,22H,9-10H2,1H3,(H,19,21). The van der Waals surface area contributed by atoms with Crippen molar-refractivity contribution >= 4 is 29.0 Å². The lowest BCUT2D eigenvalue weighted by Gasteiger charge is -2.08. The Morgan fingerprint density at radius 2 is 1.77 bits per heavy atom. The van der Waals surface area contributed by atoms with Gasteiger partial charge in [0.2, 0.25) is 5.91 Å². The Bertz CT molecular complexity index is 696. The molecule has 1 amide bonds. The monoisotopic (exact) mass is 317 g/mol. The number of rotatable bonds is 5. The summed E-state index contributed by atoms with van der Waals surface area (Å²) in [6.45, 7) is 1.94. The molecule has 0 aliphatic carbocycles. The first kappa shape index (κ1) is 16.0. The molecular weight excluding hydrogens is 302 g/mol. The highest BCUT2D eigenvalue weighted by atomic mass is 35.5. The summed E-state index contributed by atoms with van der Waals surface area (Å²) in [5, 5.41) is 12.4. The second-order valence-corrected chi connectivity index (χ2v) is 5.38. The largest absolute Gasteiger partial charge is 0.504 e. The van der Waals surface area contributed by atoms with E-state index in [2.05, 4.69) is 5.32 Å². The van der Waals surface area contributed by atoms with E-state index in [-0.39, 0.29) is 41.0 Å². The highest BCUT2D eigenvalue weighted by Crippen LogP contribution is 2.31. The number of phenolic OH excluding ortho intramolecular Hbond substituents is 1. The summed E-state index contributed by atoms with van der Waals surface area (Å²) in [7, 11) is 0. The molecule has 4 nitrogen and oxygen atoms in total. The molecule has 22 heavy (non-hydrogen) atoms. The number of aromatic hydroxyl groups is 1. The van der Waals surface area contributed by atoms with Gasteiger partial charge in [-0.15, -0.1) is 0 Å². The van der Waals surface area contributed by atoms with E-state index in [1.165, 1.54) is 6.07 Å². The first-order valence-electron chi connectivity index (χ1n) is 6.84. The van der Waals surface area contributed by atoms with Crippen molar-refractivity contribution in [3.8, 4) is 5.75 Å². The number of para-hydroxylation sites is 1. The van der Waals surface area contributed by atoms with Gasteiger partial charge in [-0.3, -0.25) is 9.59 Å². The Balaban J connectivity index is 1.91. The molecule has 0 spiro atoms. The molecule has 114 valence electrons. The molecule has 0 heterocycles. The number of ketones is 1. The van der Waals surface area contributed by atoms with Crippen molar-refractivity contribution in [3.05, 3.63) is 58.6 Å². The van der Waals surface area contributed by atoms with E-state index in [0.717, 1.165) is 5.56 Å². The number of Topliss-reactive ketones (excluding diaryl/α,β-unsaturated/α-hetero) is 1. The minimum atomic E-state index is -0.349. The van der Waals surface area contributed by atoms with Crippen LogP contribution in [0.5, 0.6) is 5.75 Å². The van der Waals surface area contributed by atoms with Crippen molar-refractivity contribution < 1.29 is 14.7 Å². The predicted molar refractivity (Wildman–Crippen MR) is 86.5 cm³/mol. The maximum atomic E-state index is 12.0. The van der Waals surface area contributed by atoms with Crippen LogP contribution in [0.1, 0.15) is 28.8 Å². The molecule has 0 aliphatic rings. The lowest BCUT2D eigenvalue weighted by molar-refractivity contribution is -0.116. The number of carbonyl (C=O) groups excluding carboxylic acids is 2. The third-order valence-electron chi connectivity index (χ3n) is 3.21. The highest BCUT2D eigenvalue weighted by Gasteiger charge is 2.12. The molecule has 5 heteroatoms. The van der Waals surface area contributed by atoms with Gasteiger partial charge < -0.3 is 10.4 Å². The molecule has 0 aliphatic heterocycles. The number of hydrogen-bond acceptors (Lipinski definition) is 3. The van der Waals surface area contributed by atoms with Gasteiger partial charge in [-0.2, -0.15) is 0 Å². The van der Waals surface area contributed by atoms with Crippen LogP contribution in [0.4, 0.5) is 5.69 Å². The lowest BCUT2D eigenvalue weighted by atomic mass is 10.0. The Morgan fingerprint density at radius 3 is 2.45 bits per heavy atom. The maximum absolute atomic E-state index is 12.0. The van der Waals surface area contributed by atoms with Crippen molar-refractivity contribution in [1.82, 2.24) is 0 Å². The van der Waals surface area contributed by atoms with Crippen LogP contribution in [-0.2, 0) is 4.79 Å². The summed E-state index contributed by atoms with van der Waals surface area (Å²) in [6, 6.07) is 11.9. The van der Waals surface area contributed by atoms with Gasteiger partial charge in [-0.25, -0.2) is 0 Å². The van der Waals surface area contributed by atoms with E-state index >= 15 is 0 Å². The summed E-state index contributed by atoms with van der Waals surface area (Å²) < 4.78 is 0. The Kier molecular flexibility index (Phi) is 5.17. The van der Waals surface area contributed by atoms with Crippen LogP contribution in [0.25, 0.3) is 0 Å².